The van der Waals surface area contributed by atoms with Gasteiger partial charge in [-0.25, -0.2) is 0 Å². The van der Waals surface area contributed by atoms with E-state index in [1.165, 1.54) is 25.8 Å². The van der Waals surface area contributed by atoms with Crippen molar-refractivity contribution in [2.45, 2.75) is 25.7 Å². The van der Waals surface area contributed by atoms with Crippen LogP contribution < -0.4 is 0 Å². The summed E-state index contributed by atoms with van der Waals surface area (Å²) in [5.41, 5.74) is 1.50. The van der Waals surface area contributed by atoms with Gasteiger partial charge in [0.05, 0.1) is 6.42 Å². The van der Waals surface area contributed by atoms with Gasteiger partial charge in [-0.05, 0) is 38.4 Å². The largest absolute Gasteiger partial charge is 0.342 e. The van der Waals surface area contributed by atoms with Crippen LogP contribution in [-0.4, -0.2) is 48.9 Å². The molecule has 2 aliphatic rings. The molecule has 0 bridgehead atoms. The molecular weight excluding hydrogens is 248 g/mol. The molecule has 1 unspecified atom stereocenters. The van der Waals surface area contributed by atoms with E-state index in [9.17, 15) is 4.79 Å². The standard InChI is InChI=1S/C17H24N2O/c1-18-10-5-8-17(13-18)9-11-19(14-17)16(20)12-15-6-3-2-4-7-15/h2-4,6-7H,5,8-14H2,1H3. The third kappa shape index (κ3) is 2.88. The Labute approximate surface area is 121 Å². The number of piperidine rings is 1. The Morgan fingerprint density at radius 3 is 2.70 bits per heavy atom. The first-order valence-corrected chi connectivity index (χ1v) is 7.67. The highest BCUT2D eigenvalue weighted by Crippen LogP contribution is 2.38. The van der Waals surface area contributed by atoms with Crippen LogP contribution in [0.25, 0.3) is 0 Å². The number of rotatable bonds is 2. The van der Waals surface area contributed by atoms with E-state index in [1.807, 2.05) is 30.3 Å². The fraction of sp³-hybridized carbons (Fsp3) is 0.588. The molecule has 2 aliphatic heterocycles. The topological polar surface area (TPSA) is 23.6 Å². The zero-order valence-corrected chi connectivity index (χ0v) is 12.3. The maximum Gasteiger partial charge on any atom is 0.227 e. The first-order chi connectivity index (χ1) is 9.67. The number of benzene rings is 1. The van der Waals surface area contributed by atoms with E-state index in [2.05, 4.69) is 16.8 Å². The molecule has 0 aromatic heterocycles. The van der Waals surface area contributed by atoms with Crippen molar-refractivity contribution in [3.8, 4) is 0 Å². The average Bonchev–Trinajstić information content (AvgIpc) is 2.83. The Morgan fingerprint density at radius 2 is 1.95 bits per heavy atom. The van der Waals surface area contributed by atoms with Crippen LogP contribution in [0.4, 0.5) is 0 Å². The number of amides is 1. The first-order valence-electron chi connectivity index (χ1n) is 7.67. The monoisotopic (exact) mass is 272 g/mol. The number of nitrogens with zero attached hydrogens (tertiary/aromatic N) is 2. The summed E-state index contributed by atoms with van der Waals surface area (Å²) in [6.07, 6.45) is 4.29. The lowest BCUT2D eigenvalue weighted by Crippen LogP contribution is -2.43. The molecule has 1 aromatic rings. The molecule has 1 amide bonds. The molecule has 2 saturated heterocycles. The van der Waals surface area contributed by atoms with Crippen molar-refractivity contribution < 1.29 is 4.79 Å². The van der Waals surface area contributed by atoms with E-state index in [4.69, 9.17) is 0 Å². The highest BCUT2D eigenvalue weighted by molar-refractivity contribution is 5.79. The Hall–Kier alpha value is -1.35. The van der Waals surface area contributed by atoms with E-state index < -0.39 is 0 Å². The molecule has 0 N–H and O–H groups in total. The lowest BCUT2D eigenvalue weighted by molar-refractivity contribution is -0.130. The lowest BCUT2D eigenvalue weighted by atomic mass is 9.79. The van der Waals surface area contributed by atoms with E-state index in [-0.39, 0.29) is 0 Å². The summed E-state index contributed by atoms with van der Waals surface area (Å²) >= 11 is 0. The summed E-state index contributed by atoms with van der Waals surface area (Å²) in [6, 6.07) is 10.1. The molecule has 20 heavy (non-hydrogen) atoms. The molecule has 1 aromatic carbocycles. The molecule has 1 spiro atoms. The fourth-order valence-electron chi connectivity index (χ4n) is 3.82. The second-order valence-electron chi connectivity index (χ2n) is 6.57. The van der Waals surface area contributed by atoms with E-state index in [0.717, 1.165) is 25.2 Å². The quantitative estimate of drug-likeness (QED) is 0.824. The highest BCUT2D eigenvalue weighted by Gasteiger charge is 2.41. The van der Waals surface area contributed by atoms with E-state index in [0.29, 0.717) is 17.7 Å². The van der Waals surface area contributed by atoms with Crippen LogP contribution in [0.3, 0.4) is 0 Å². The van der Waals surface area contributed by atoms with Crippen LogP contribution in [0.2, 0.25) is 0 Å². The Morgan fingerprint density at radius 1 is 1.15 bits per heavy atom. The van der Waals surface area contributed by atoms with Crippen molar-refractivity contribution in [1.29, 1.82) is 0 Å². The normalized spacial score (nSPS) is 27.1. The fourth-order valence-corrected chi connectivity index (χ4v) is 3.82. The summed E-state index contributed by atoms with van der Waals surface area (Å²) in [4.78, 5) is 16.9. The van der Waals surface area contributed by atoms with Gasteiger partial charge < -0.3 is 9.80 Å². The van der Waals surface area contributed by atoms with Crippen molar-refractivity contribution in [1.82, 2.24) is 9.80 Å². The Kier molecular flexibility index (Phi) is 3.79. The van der Waals surface area contributed by atoms with Crippen LogP contribution in [-0.2, 0) is 11.2 Å². The van der Waals surface area contributed by atoms with Crippen LogP contribution in [0, 0.1) is 5.41 Å². The summed E-state index contributed by atoms with van der Waals surface area (Å²) in [5.74, 6) is 0.293. The first kappa shape index (κ1) is 13.6. The maximum atomic E-state index is 12.4. The van der Waals surface area contributed by atoms with Crippen molar-refractivity contribution in [2.75, 3.05) is 33.2 Å². The summed E-state index contributed by atoms with van der Waals surface area (Å²) in [5, 5.41) is 0. The minimum absolute atomic E-state index is 0.293. The van der Waals surface area contributed by atoms with Crippen LogP contribution in [0.1, 0.15) is 24.8 Å². The molecule has 1 atom stereocenters. The molecule has 0 radical (unpaired) electrons. The number of hydrogen-bond donors (Lipinski definition) is 0. The zero-order valence-electron chi connectivity index (χ0n) is 12.3. The molecule has 0 aliphatic carbocycles. The number of carbonyl (C=O) groups is 1. The summed E-state index contributed by atoms with van der Waals surface area (Å²) in [6.45, 7) is 4.27. The van der Waals surface area contributed by atoms with Gasteiger partial charge in [0, 0.05) is 25.0 Å². The van der Waals surface area contributed by atoms with Gasteiger partial charge >= 0.3 is 0 Å². The third-order valence-corrected chi connectivity index (χ3v) is 4.84. The lowest BCUT2D eigenvalue weighted by Gasteiger charge is -2.38. The van der Waals surface area contributed by atoms with E-state index in [1.54, 1.807) is 0 Å². The third-order valence-electron chi connectivity index (χ3n) is 4.84. The predicted octanol–water partition coefficient (Wildman–Crippen LogP) is 2.17. The van der Waals surface area contributed by atoms with Crippen molar-refractivity contribution in [2.24, 2.45) is 5.41 Å². The minimum atomic E-state index is 0.293. The second kappa shape index (κ2) is 5.57. The summed E-state index contributed by atoms with van der Waals surface area (Å²) in [7, 11) is 2.20. The Bertz CT molecular complexity index is 473. The Balaban J connectivity index is 1.61. The minimum Gasteiger partial charge on any atom is -0.342 e. The molecular formula is C17H24N2O. The van der Waals surface area contributed by atoms with Crippen LogP contribution >= 0.6 is 0 Å². The SMILES string of the molecule is CN1CCCC2(CCN(C(=O)Cc3ccccc3)C2)C1. The van der Waals surface area contributed by atoms with Gasteiger partial charge in [0.1, 0.15) is 0 Å². The number of hydrogen-bond acceptors (Lipinski definition) is 2. The highest BCUT2D eigenvalue weighted by atomic mass is 16.2. The van der Waals surface area contributed by atoms with Gasteiger partial charge in [0.25, 0.3) is 0 Å². The van der Waals surface area contributed by atoms with Crippen LogP contribution in [0.15, 0.2) is 30.3 Å². The van der Waals surface area contributed by atoms with Crippen LogP contribution in [0.5, 0.6) is 0 Å². The van der Waals surface area contributed by atoms with Gasteiger partial charge in [-0.15, -0.1) is 0 Å². The number of likely N-dealkylation sites (tertiary alicyclic amines) is 2. The number of carbonyl (C=O) groups excluding carboxylic acids is 1. The van der Waals surface area contributed by atoms with Crippen molar-refractivity contribution in [3.05, 3.63) is 35.9 Å². The van der Waals surface area contributed by atoms with E-state index >= 15 is 0 Å². The zero-order chi connectivity index (χ0) is 14.0. The molecule has 3 nitrogen and oxygen atoms in total. The molecule has 3 rings (SSSR count). The van der Waals surface area contributed by atoms with Crippen molar-refractivity contribution >= 4 is 5.91 Å². The van der Waals surface area contributed by atoms with Gasteiger partial charge in [0.15, 0.2) is 0 Å². The molecule has 0 saturated carbocycles. The van der Waals surface area contributed by atoms with Crippen molar-refractivity contribution in [3.63, 3.8) is 0 Å². The van der Waals surface area contributed by atoms with Gasteiger partial charge in [-0.3, -0.25) is 4.79 Å². The van der Waals surface area contributed by atoms with Gasteiger partial charge in [-0.1, -0.05) is 30.3 Å². The maximum absolute atomic E-state index is 12.4. The summed E-state index contributed by atoms with van der Waals surface area (Å²) < 4.78 is 0. The molecule has 2 fully saturated rings. The molecule has 108 valence electrons. The van der Waals surface area contributed by atoms with Gasteiger partial charge in [-0.2, -0.15) is 0 Å². The molecule has 2 heterocycles. The molecule has 3 heteroatoms. The smallest absolute Gasteiger partial charge is 0.227 e. The second-order valence-corrected chi connectivity index (χ2v) is 6.57. The predicted molar refractivity (Wildman–Crippen MR) is 80.5 cm³/mol. The van der Waals surface area contributed by atoms with Gasteiger partial charge in [0.2, 0.25) is 5.91 Å². The average molecular weight is 272 g/mol.